The molecule has 1 aromatic heterocycles. The lowest BCUT2D eigenvalue weighted by molar-refractivity contribution is 0.115. The van der Waals surface area contributed by atoms with Crippen LogP contribution in [0.2, 0.25) is 0 Å². The third-order valence-electron chi connectivity index (χ3n) is 2.90. The average Bonchev–Trinajstić information content (AvgIpc) is 2.98. The largest absolute Gasteiger partial charge is 0.380 e. The molecule has 0 spiro atoms. The summed E-state index contributed by atoms with van der Waals surface area (Å²) in [7, 11) is -1.75. The van der Waals surface area contributed by atoms with Crippen molar-refractivity contribution in [3.63, 3.8) is 0 Å². The number of nitrogens with two attached hydrogens (primary N) is 1. The van der Waals surface area contributed by atoms with E-state index in [4.69, 9.17) is 10.5 Å². The number of thiophene rings is 1. The molecule has 1 unspecified atom stereocenters. The molecule has 96 valence electrons. The van der Waals surface area contributed by atoms with Gasteiger partial charge in [-0.05, 0) is 23.4 Å². The first kappa shape index (κ1) is 13.0. The van der Waals surface area contributed by atoms with Crippen molar-refractivity contribution in [1.29, 1.82) is 0 Å². The van der Waals surface area contributed by atoms with Crippen molar-refractivity contribution in [3.05, 3.63) is 17.0 Å². The van der Waals surface area contributed by atoms with Gasteiger partial charge in [0, 0.05) is 26.7 Å². The number of rotatable bonds is 4. The SMILES string of the molecule is COC1CCN(S(=O)(=O)c2cc(CN)cs2)C1. The van der Waals surface area contributed by atoms with Crippen LogP contribution < -0.4 is 5.73 Å². The summed E-state index contributed by atoms with van der Waals surface area (Å²) in [5.41, 5.74) is 6.34. The Morgan fingerprint density at radius 2 is 2.41 bits per heavy atom. The maximum absolute atomic E-state index is 12.3. The molecule has 0 aliphatic carbocycles. The second-order valence-corrected chi connectivity index (χ2v) is 7.06. The van der Waals surface area contributed by atoms with Gasteiger partial charge < -0.3 is 10.5 Å². The van der Waals surface area contributed by atoms with Gasteiger partial charge >= 0.3 is 0 Å². The minimum absolute atomic E-state index is 0.0127. The third-order valence-corrected chi connectivity index (χ3v) is 6.23. The Bertz CT molecular complexity index is 483. The van der Waals surface area contributed by atoms with E-state index in [-0.39, 0.29) is 6.10 Å². The highest BCUT2D eigenvalue weighted by atomic mass is 32.2. The molecule has 1 aliphatic rings. The standard InChI is InChI=1S/C10H16N2O3S2/c1-15-9-2-3-12(6-9)17(13,14)10-4-8(5-11)7-16-10/h4,7,9H,2-3,5-6,11H2,1H3. The number of methoxy groups -OCH3 is 1. The first-order valence-electron chi connectivity index (χ1n) is 5.38. The maximum atomic E-state index is 12.3. The summed E-state index contributed by atoms with van der Waals surface area (Å²) in [4.78, 5) is 0. The van der Waals surface area contributed by atoms with E-state index in [1.54, 1.807) is 18.6 Å². The van der Waals surface area contributed by atoms with Gasteiger partial charge in [-0.15, -0.1) is 11.3 Å². The van der Waals surface area contributed by atoms with Crippen LogP contribution in [0.1, 0.15) is 12.0 Å². The smallest absolute Gasteiger partial charge is 0.252 e. The molecule has 0 aromatic carbocycles. The van der Waals surface area contributed by atoms with Gasteiger partial charge in [-0.25, -0.2) is 8.42 Å². The van der Waals surface area contributed by atoms with Crippen molar-refractivity contribution in [2.75, 3.05) is 20.2 Å². The molecule has 1 aromatic rings. The molecule has 2 N–H and O–H groups in total. The van der Waals surface area contributed by atoms with Crippen LogP contribution in [0, 0.1) is 0 Å². The molecule has 2 rings (SSSR count). The van der Waals surface area contributed by atoms with E-state index < -0.39 is 10.0 Å². The zero-order valence-electron chi connectivity index (χ0n) is 9.63. The van der Waals surface area contributed by atoms with Gasteiger partial charge in [0.2, 0.25) is 0 Å². The zero-order valence-corrected chi connectivity index (χ0v) is 11.3. The van der Waals surface area contributed by atoms with Crippen LogP contribution in [0.4, 0.5) is 0 Å². The van der Waals surface area contributed by atoms with Crippen molar-refractivity contribution < 1.29 is 13.2 Å². The molecule has 5 nitrogen and oxygen atoms in total. The van der Waals surface area contributed by atoms with Crippen molar-refractivity contribution >= 4 is 21.4 Å². The molecule has 7 heteroatoms. The molecular weight excluding hydrogens is 260 g/mol. The van der Waals surface area contributed by atoms with E-state index in [1.807, 2.05) is 0 Å². The van der Waals surface area contributed by atoms with Crippen LogP contribution in [0.3, 0.4) is 0 Å². The fraction of sp³-hybridized carbons (Fsp3) is 0.600. The van der Waals surface area contributed by atoms with E-state index in [2.05, 4.69) is 0 Å². The van der Waals surface area contributed by atoms with Gasteiger partial charge in [-0.2, -0.15) is 4.31 Å². The predicted molar refractivity (Wildman–Crippen MR) is 66.4 cm³/mol. The summed E-state index contributed by atoms with van der Waals surface area (Å²) in [6.45, 7) is 1.33. The molecular formula is C10H16N2O3S2. The van der Waals surface area contributed by atoms with Crippen LogP contribution in [0.5, 0.6) is 0 Å². The third kappa shape index (κ3) is 2.53. The summed E-state index contributed by atoms with van der Waals surface area (Å²) < 4.78 is 31.6. The van der Waals surface area contributed by atoms with Gasteiger partial charge in [0.1, 0.15) is 4.21 Å². The number of hydrogen-bond donors (Lipinski definition) is 1. The van der Waals surface area contributed by atoms with Crippen LogP contribution in [0.15, 0.2) is 15.7 Å². The summed E-state index contributed by atoms with van der Waals surface area (Å²) in [5, 5.41) is 1.79. The fourth-order valence-electron chi connectivity index (χ4n) is 1.83. The molecule has 1 atom stereocenters. The highest BCUT2D eigenvalue weighted by Gasteiger charge is 2.33. The Balaban J connectivity index is 2.19. The van der Waals surface area contributed by atoms with Crippen molar-refractivity contribution in [2.45, 2.75) is 23.3 Å². The molecule has 1 fully saturated rings. The summed E-state index contributed by atoms with van der Waals surface area (Å²) in [6, 6.07) is 1.65. The minimum Gasteiger partial charge on any atom is -0.380 e. The van der Waals surface area contributed by atoms with Crippen molar-refractivity contribution in [1.82, 2.24) is 4.31 Å². The first-order valence-corrected chi connectivity index (χ1v) is 7.70. The number of ether oxygens (including phenoxy) is 1. The summed E-state index contributed by atoms with van der Waals surface area (Å²) in [5.74, 6) is 0. The van der Waals surface area contributed by atoms with E-state index in [9.17, 15) is 8.42 Å². The fourth-order valence-corrected chi connectivity index (χ4v) is 4.69. The lowest BCUT2D eigenvalue weighted by atomic mass is 10.3. The summed E-state index contributed by atoms with van der Waals surface area (Å²) in [6.07, 6.45) is 0.768. The minimum atomic E-state index is -3.35. The number of sulfonamides is 1. The zero-order chi connectivity index (χ0) is 12.5. The highest BCUT2D eigenvalue weighted by molar-refractivity contribution is 7.91. The predicted octanol–water partition coefficient (Wildman–Crippen LogP) is 0.616. The van der Waals surface area contributed by atoms with E-state index >= 15 is 0 Å². The Morgan fingerprint density at radius 3 is 2.94 bits per heavy atom. The lowest BCUT2D eigenvalue weighted by Gasteiger charge is -2.14. The summed E-state index contributed by atoms with van der Waals surface area (Å²) >= 11 is 1.23. The monoisotopic (exact) mass is 276 g/mol. The molecule has 0 radical (unpaired) electrons. The van der Waals surface area contributed by atoms with Gasteiger partial charge in [0.05, 0.1) is 6.10 Å². The highest BCUT2D eigenvalue weighted by Crippen LogP contribution is 2.27. The maximum Gasteiger partial charge on any atom is 0.252 e. The Morgan fingerprint density at radius 1 is 1.65 bits per heavy atom. The van der Waals surface area contributed by atoms with E-state index in [0.29, 0.717) is 23.8 Å². The molecule has 1 aliphatic heterocycles. The molecule has 0 saturated carbocycles. The normalized spacial score (nSPS) is 22.1. The Kier molecular flexibility index (Phi) is 3.84. The Hall–Kier alpha value is -0.470. The number of hydrogen-bond acceptors (Lipinski definition) is 5. The van der Waals surface area contributed by atoms with Crippen LogP contribution in [-0.2, 0) is 21.3 Å². The second kappa shape index (κ2) is 5.03. The average molecular weight is 276 g/mol. The van der Waals surface area contributed by atoms with Crippen molar-refractivity contribution in [2.24, 2.45) is 5.73 Å². The van der Waals surface area contributed by atoms with Gasteiger partial charge in [0.25, 0.3) is 10.0 Å². The van der Waals surface area contributed by atoms with Gasteiger partial charge in [0.15, 0.2) is 0 Å². The van der Waals surface area contributed by atoms with Gasteiger partial charge in [-0.1, -0.05) is 0 Å². The van der Waals surface area contributed by atoms with Crippen LogP contribution >= 0.6 is 11.3 Å². The van der Waals surface area contributed by atoms with Crippen LogP contribution in [0.25, 0.3) is 0 Å². The lowest BCUT2D eigenvalue weighted by Crippen LogP contribution is -2.29. The first-order chi connectivity index (χ1) is 8.07. The molecule has 0 amide bonds. The van der Waals surface area contributed by atoms with Gasteiger partial charge in [-0.3, -0.25) is 0 Å². The molecule has 2 heterocycles. The topological polar surface area (TPSA) is 72.6 Å². The van der Waals surface area contributed by atoms with E-state index in [1.165, 1.54) is 15.6 Å². The van der Waals surface area contributed by atoms with E-state index in [0.717, 1.165) is 12.0 Å². The van der Waals surface area contributed by atoms with Crippen molar-refractivity contribution in [3.8, 4) is 0 Å². The molecule has 1 saturated heterocycles. The molecule has 0 bridgehead atoms. The second-order valence-electron chi connectivity index (χ2n) is 3.99. The number of nitrogens with zero attached hydrogens (tertiary/aromatic N) is 1. The molecule has 17 heavy (non-hydrogen) atoms. The quantitative estimate of drug-likeness (QED) is 0.875. The van der Waals surface area contributed by atoms with Crippen LogP contribution in [-0.4, -0.2) is 39.0 Å². The Labute approximate surface area is 105 Å².